The van der Waals surface area contributed by atoms with E-state index in [1.165, 1.54) is 11.0 Å². The van der Waals surface area contributed by atoms with Gasteiger partial charge in [0.05, 0.1) is 6.54 Å². The van der Waals surface area contributed by atoms with Gasteiger partial charge in [-0.15, -0.1) is 0 Å². The molecule has 1 aliphatic heterocycles. The minimum Gasteiger partial charge on any atom is -0.338 e. The Labute approximate surface area is 162 Å². The van der Waals surface area contributed by atoms with E-state index in [2.05, 4.69) is 6.92 Å². The van der Waals surface area contributed by atoms with Crippen molar-refractivity contribution in [3.05, 3.63) is 68.1 Å². The number of hydrogen-bond donors (Lipinski definition) is 0. The Balaban J connectivity index is 1.61. The average Bonchev–Trinajstić information content (AvgIpc) is 3.19. The highest BCUT2D eigenvalue weighted by Gasteiger charge is 2.59. The van der Waals surface area contributed by atoms with Crippen LogP contribution in [0.25, 0.3) is 0 Å². The summed E-state index contributed by atoms with van der Waals surface area (Å²) in [5.74, 6) is 0.430. The van der Waals surface area contributed by atoms with Gasteiger partial charge >= 0.3 is 0 Å². The summed E-state index contributed by atoms with van der Waals surface area (Å²) in [6.45, 7) is 3.94. The zero-order valence-corrected chi connectivity index (χ0v) is 16.1. The molecule has 2 fully saturated rings. The van der Waals surface area contributed by atoms with E-state index in [0.29, 0.717) is 26.9 Å². The first-order valence-electron chi connectivity index (χ1n) is 8.87. The number of piperidine rings is 1. The SMILES string of the molecule is CCC12CC1CN(C(=O)c1cccn(Cc3c(Cl)cccc3Cl)c1=O)C2. The lowest BCUT2D eigenvalue weighted by Gasteiger charge is -2.20. The highest BCUT2D eigenvalue weighted by Crippen LogP contribution is 2.59. The second-order valence-electron chi connectivity index (χ2n) is 7.36. The van der Waals surface area contributed by atoms with Crippen LogP contribution in [0.3, 0.4) is 0 Å². The molecule has 0 bridgehead atoms. The first-order chi connectivity index (χ1) is 12.4. The molecule has 2 aromatic rings. The van der Waals surface area contributed by atoms with Gasteiger partial charge in [-0.05, 0) is 48.4 Å². The normalized spacial score (nSPS) is 23.8. The van der Waals surface area contributed by atoms with Crippen molar-refractivity contribution in [3.63, 3.8) is 0 Å². The summed E-state index contributed by atoms with van der Waals surface area (Å²) in [5, 5.41) is 1.01. The highest BCUT2D eigenvalue weighted by atomic mass is 35.5. The van der Waals surface area contributed by atoms with Crippen molar-refractivity contribution in [3.8, 4) is 0 Å². The van der Waals surface area contributed by atoms with Crippen molar-refractivity contribution in [1.29, 1.82) is 0 Å². The summed E-state index contributed by atoms with van der Waals surface area (Å²) in [6, 6.07) is 8.58. The van der Waals surface area contributed by atoms with Gasteiger partial charge in [0.15, 0.2) is 0 Å². The molecule has 6 heteroatoms. The number of hydrogen-bond acceptors (Lipinski definition) is 2. The summed E-state index contributed by atoms with van der Waals surface area (Å²) in [5.41, 5.74) is 0.881. The Bertz CT molecular complexity index is 915. The fourth-order valence-electron chi connectivity index (χ4n) is 4.14. The van der Waals surface area contributed by atoms with E-state index in [-0.39, 0.29) is 23.6 Å². The van der Waals surface area contributed by atoms with Gasteiger partial charge in [-0.25, -0.2) is 0 Å². The molecule has 0 N–H and O–H groups in total. The van der Waals surface area contributed by atoms with Crippen LogP contribution in [0.5, 0.6) is 0 Å². The topological polar surface area (TPSA) is 42.3 Å². The van der Waals surface area contributed by atoms with Crippen LogP contribution in [0.15, 0.2) is 41.3 Å². The molecule has 1 saturated carbocycles. The van der Waals surface area contributed by atoms with Crippen LogP contribution >= 0.6 is 23.2 Å². The van der Waals surface area contributed by atoms with E-state index in [1.807, 2.05) is 4.90 Å². The standard InChI is InChI=1S/C20H20Cl2N2O2/c1-2-20-9-13(20)10-24(12-20)19(26)14-5-4-8-23(18(14)25)11-15-16(21)6-3-7-17(15)22/h3-8,13H,2,9-12H2,1H3. The van der Waals surface area contributed by atoms with Crippen LogP contribution in [0.1, 0.15) is 35.7 Å². The number of benzene rings is 1. The van der Waals surface area contributed by atoms with Crippen molar-refractivity contribution in [2.24, 2.45) is 11.3 Å². The van der Waals surface area contributed by atoms with Crippen molar-refractivity contribution in [2.75, 3.05) is 13.1 Å². The third-order valence-electron chi connectivity index (χ3n) is 5.94. The summed E-state index contributed by atoms with van der Waals surface area (Å²) in [4.78, 5) is 27.6. The molecule has 4 nitrogen and oxygen atoms in total. The Hall–Kier alpha value is -1.78. The van der Waals surface area contributed by atoms with Gasteiger partial charge in [-0.3, -0.25) is 9.59 Å². The van der Waals surface area contributed by atoms with Crippen molar-refractivity contribution >= 4 is 29.1 Å². The number of carbonyl (C=O) groups is 1. The predicted molar refractivity (Wildman–Crippen MR) is 103 cm³/mol. The van der Waals surface area contributed by atoms with Gasteiger partial charge in [-0.1, -0.05) is 36.2 Å². The van der Waals surface area contributed by atoms with Crippen LogP contribution in [0.2, 0.25) is 10.0 Å². The lowest BCUT2D eigenvalue weighted by molar-refractivity contribution is 0.0761. The molecule has 136 valence electrons. The average molecular weight is 391 g/mol. The minimum absolute atomic E-state index is 0.172. The van der Waals surface area contributed by atoms with E-state index in [0.717, 1.165) is 19.5 Å². The summed E-state index contributed by atoms with van der Waals surface area (Å²) < 4.78 is 1.49. The molecule has 2 atom stereocenters. The monoisotopic (exact) mass is 390 g/mol. The molecule has 4 rings (SSSR count). The third kappa shape index (κ3) is 2.85. The van der Waals surface area contributed by atoms with Gasteiger partial charge < -0.3 is 9.47 Å². The number of aromatic nitrogens is 1. The molecule has 2 unspecified atom stereocenters. The lowest BCUT2D eigenvalue weighted by Crippen LogP contribution is -2.37. The zero-order valence-electron chi connectivity index (χ0n) is 14.5. The molecular formula is C20H20Cl2N2O2. The summed E-state index contributed by atoms with van der Waals surface area (Å²) >= 11 is 12.4. The largest absolute Gasteiger partial charge is 0.338 e. The summed E-state index contributed by atoms with van der Waals surface area (Å²) in [6.07, 6.45) is 3.95. The van der Waals surface area contributed by atoms with Crippen LogP contribution in [-0.4, -0.2) is 28.5 Å². The lowest BCUT2D eigenvalue weighted by atomic mass is 10.0. The van der Waals surface area contributed by atoms with E-state index in [1.54, 1.807) is 36.5 Å². The quantitative estimate of drug-likeness (QED) is 0.789. The first kappa shape index (κ1) is 17.6. The fourth-order valence-corrected chi connectivity index (χ4v) is 4.66. The maximum absolute atomic E-state index is 12.9. The van der Waals surface area contributed by atoms with E-state index >= 15 is 0 Å². The molecule has 1 aromatic heterocycles. The fraction of sp³-hybridized carbons (Fsp3) is 0.400. The Morgan fingerprint density at radius 1 is 1.23 bits per heavy atom. The van der Waals surface area contributed by atoms with Gasteiger partial charge in [0.2, 0.25) is 0 Å². The van der Waals surface area contributed by atoms with E-state index in [4.69, 9.17) is 23.2 Å². The Morgan fingerprint density at radius 3 is 2.62 bits per heavy atom. The molecule has 2 aliphatic rings. The molecule has 0 radical (unpaired) electrons. The highest BCUT2D eigenvalue weighted by molar-refractivity contribution is 6.35. The van der Waals surface area contributed by atoms with Crippen molar-refractivity contribution in [2.45, 2.75) is 26.3 Å². The van der Waals surface area contributed by atoms with Crippen LogP contribution in [-0.2, 0) is 6.54 Å². The number of amides is 1. The molecule has 1 saturated heterocycles. The second kappa shape index (κ2) is 6.43. The van der Waals surface area contributed by atoms with Crippen LogP contribution < -0.4 is 5.56 Å². The van der Waals surface area contributed by atoms with Gasteiger partial charge in [0, 0.05) is 34.9 Å². The maximum Gasteiger partial charge on any atom is 0.263 e. The summed E-state index contributed by atoms with van der Waals surface area (Å²) in [7, 11) is 0. The Kier molecular flexibility index (Phi) is 4.36. The second-order valence-corrected chi connectivity index (χ2v) is 8.17. The zero-order chi connectivity index (χ0) is 18.5. The Morgan fingerprint density at radius 2 is 1.96 bits per heavy atom. The third-order valence-corrected chi connectivity index (χ3v) is 6.65. The number of likely N-dealkylation sites (tertiary alicyclic amines) is 1. The number of carbonyl (C=O) groups excluding carboxylic acids is 1. The number of halogens is 2. The molecule has 1 aromatic carbocycles. The van der Waals surface area contributed by atoms with Gasteiger partial charge in [0.25, 0.3) is 11.5 Å². The van der Waals surface area contributed by atoms with Crippen LogP contribution in [0, 0.1) is 11.3 Å². The molecule has 1 amide bonds. The van der Waals surface area contributed by atoms with Crippen molar-refractivity contribution in [1.82, 2.24) is 9.47 Å². The number of nitrogens with zero attached hydrogens (tertiary/aromatic N) is 2. The number of rotatable bonds is 4. The molecule has 2 heterocycles. The first-order valence-corrected chi connectivity index (χ1v) is 9.62. The molecule has 0 spiro atoms. The molecule has 1 aliphatic carbocycles. The number of pyridine rings is 1. The maximum atomic E-state index is 12.9. The number of fused-ring (bicyclic) bond motifs is 1. The smallest absolute Gasteiger partial charge is 0.263 e. The predicted octanol–water partition coefficient (Wildman–Crippen LogP) is 4.08. The van der Waals surface area contributed by atoms with Crippen molar-refractivity contribution < 1.29 is 4.79 Å². The minimum atomic E-state index is -0.306. The van der Waals surface area contributed by atoms with E-state index < -0.39 is 0 Å². The van der Waals surface area contributed by atoms with E-state index in [9.17, 15) is 9.59 Å². The van der Waals surface area contributed by atoms with Gasteiger partial charge in [0.1, 0.15) is 5.56 Å². The molecule has 26 heavy (non-hydrogen) atoms. The molecular weight excluding hydrogens is 371 g/mol. The van der Waals surface area contributed by atoms with Crippen LogP contribution in [0.4, 0.5) is 0 Å². The van der Waals surface area contributed by atoms with Gasteiger partial charge in [-0.2, -0.15) is 0 Å².